The van der Waals surface area contributed by atoms with E-state index in [4.69, 9.17) is 15.3 Å². The Labute approximate surface area is 82.4 Å². The molecule has 0 saturated carbocycles. The number of rotatable bonds is 5. The smallest absolute Gasteiger partial charge is 0.372 e. The van der Waals surface area contributed by atoms with E-state index in [1.54, 1.807) is 0 Å². The predicted molar refractivity (Wildman–Crippen MR) is 41.7 cm³/mol. The molecule has 0 unspecified atom stereocenters. The molecule has 3 N–H and O–H groups in total. The standard InChI is InChI=1S/C7H6O8/c8-4(9)1-3(7(13)14)15-6(12)2-5(10)11/h1H,2H2,(H,8,9)(H,10,11)(H,13,14)/b3-1+. The van der Waals surface area contributed by atoms with Crippen molar-refractivity contribution in [3.05, 3.63) is 11.8 Å². The summed E-state index contributed by atoms with van der Waals surface area (Å²) >= 11 is 0. The van der Waals surface area contributed by atoms with Gasteiger partial charge in [0.15, 0.2) is 0 Å². The van der Waals surface area contributed by atoms with Gasteiger partial charge in [-0.3, -0.25) is 9.59 Å². The van der Waals surface area contributed by atoms with E-state index in [9.17, 15) is 19.2 Å². The van der Waals surface area contributed by atoms with Gasteiger partial charge in [-0.25, -0.2) is 9.59 Å². The highest BCUT2D eigenvalue weighted by Gasteiger charge is 2.17. The van der Waals surface area contributed by atoms with Crippen LogP contribution in [0, 0.1) is 0 Å². The number of carboxylic acid groups (broad SMARTS) is 3. The first-order valence-electron chi connectivity index (χ1n) is 3.43. The van der Waals surface area contributed by atoms with Crippen LogP contribution in [0.5, 0.6) is 0 Å². The van der Waals surface area contributed by atoms with E-state index in [0.717, 1.165) is 0 Å². The van der Waals surface area contributed by atoms with Crippen LogP contribution in [0.15, 0.2) is 11.8 Å². The lowest BCUT2D eigenvalue weighted by atomic mass is 10.4. The second-order valence-corrected chi connectivity index (χ2v) is 2.20. The second-order valence-electron chi connectivity index (χ2n) is 2.20. The molecule has 0 atom stereocenters. The van der Waals surface area contributed by atoms with Crippen LogP contribution >= 0.6 is 0 Å². The highest BCUT2D eigenvalue weighted by atomic mass is 16.6. The van der Waals surface area contributed by atoms with E-state index in [1.165, 1.54) is 0 Å². The molecule has 0 aliphatic heterocycles. The molecule has 0 rings (SSSR count). The fourth-order valence-corrected chi connectivity index (χ4v) is 0.529. The number of carbonyl (C=O) groups is 4. The third kappa shape index (κ3) is 5.80. The van der Waals surface area contributed by atoms with Crippen LogP contribution in [0.3, 0.4) is 0 Å². The fourth-order valence-electron chi connectivity index (χ4n) is 0.529. The van der Waals surface area contributed by atoms with E-state index < -0.39 is 36.1 Å². The van der Waals surface area contributed by atoms with Gasteiger partial charge in [0.05, 0.1) is 6.08 Å². The molecule has 82 valence electrons. The summed E-state index contributed by atoms with van der Waals surface area (Å²) in [6, 6.07) is 0. The molecule has 0 aliphatic carbocycles. The molecule has 0 saturated heterocycles. The van der Waals surface area contributed by atoms with E-state index >= 15 is 0 Å². The molecule has 8 heteroatoms. The number of esters is 1. The van der Waals surface area contributed by atoms with E-state index in [0.29, 0.717) is 0 Å². The minimum absolute atomic E-state index is 0.141. The Kier molecular flexibility index (Phi) is 4.52. The number of aliphatic carboxylic acids is 3. The number of hydrogen-bond donors (Lipinski definition) is 3. The van der Waals surface area contributed by atoms with Crippen molar-refractivity contribution in [3.8, 4) is 0 Å². The third-order valence-corrected chi connectivity index (χ3v) is 0.985. The molecule has 0 fully saturated rings. The topological polar surface area (TPSA) is 138 Å². The molecular formula is C7H6O8. The largest absolute Gasteiger partial charge is 0.481 e. The number of ether oxygens (including phenoxy) is 1. The lowest BCUT2D eigenvalue weighted by Crippen LogP contribution is -2.15. The summed E-state index contributed by atoms with van der Waals surface area (Å²) in [7, 11) is 0. The molecule has 0 aromatic heterocycles. The summed E-state index contributed by atoms with van der Waals surface area (Å²) < 4.78 is 3.99. The summed E-state index contributed by atoms with van der Waals surface area (Å²) in [5, 5.41) is 24.7. The zero-order valence-corrected chi connectivity index (χ0v) is 7.17. The third-order valence-electron chi connectivity index (χ3n) is 0.985. The van der Waals surface area contributed by atoms with Gasteiger partial charge >= 0.3 is 23.9 Å². The molecule has 0 aromatic carbocycles. The van der Waals surface area contributed by atoms with Crippen LogP contribution in [0.4, 0.5) is 0 Å². The molecule has 8 nitrogen and oxygen atoms in total. The normalized spacial score (nSPS) is 10.5. The van der Waals surface area contributed by atoms with Gasteiger partial charge in [0, 0.05) is 0 Å². The first-order chi connectivity index (χ1) is 6.82. The molecular weight excluding hydrogens is 212 g/mol. The highest BCUT2D eigenvalue weighted by Crippen LogP contribution is 2.00. The number of carboxylic acids is 3. The van der Waals surface area contributed by atoms with Crippen molar-refractivity contribution in [1.29, 1.82) is 0 Å². The van der Waals surface area contributed by atoms with Crippen molar-refractivity contribution in [2.24, 2.45) is 0 Å². The fraction of sp³-hybridized carbons (Fsp3) is 0.143. The monoisotopic (exact) mass is 218 g/mol. The van der Waals surface area contributed by atoms with Crippen LogP contribution < -0.4 is 0 Å². The molecule has 0 heterocycles. The maximum atomic E-state index is 10.6. The maximum absolute atomic E-state index is 10.6. The summed E-state index contributed by atoms with van der Waals surface area (Å²) in [4.78, 5) is 41.0. The minimum atomic E-state index is -1.78. The van der Waals surface area contributed by atoms with Crippen molar-refractivity contribution >= 4 is 23.9 Å². The Morgan fingerprint density at radius 2 is 1.60 bits per heavy atom. The van der Waals surface area contributed by atoms with Gasteiger partial charge in [0.25, 0.3) is 0 Å². The molecule has 0 aliphatic rings. The Bertz CT molecular complexity index is 339. The lowest BCUT2D eigenvalue weighted by Gasteiger charge is -2.01. The van der Waals surface area contributed by atoms with E-state index in [2.05, 4.69) is 4.74 Å². The number of carbonyl (C=O) groups excluding carboxylic acids is 1. The molecule has 0 radical (unpaired) electrons. The van der Waals surface area contributed by atoms with Gasteiger partial charge in [0.1, 0.15) is 6.42 Å². The van der Waals surface area contributed by atoms with E-state index in [1.807, 2.05) is 0 Å². The Morgan fingerprint density at radius 1 is 1.07 bits per heavy atom. The van der Waals surface area contributed by atoms with Gasteiger partial charge < -0.3 is 20.1 Å². The van der Waals surface area contributed by atoms with Gasteiger partial charge in [0.2, 0.25) is 5.76 Å². The quantitative estimate of drug-likeness (QED) is 0.232. The summed E-state index contributed by atoms with van der Waals surface area (Å²) in [5.41, 5.74) is 0. The predicted octanol–water partition coefficient (Wildman–Crippen LogP) is -0.943. The van der Waals surface area contributed by atoms with Crippen molar-refractivity contribution in [2.75, 3.05) is 0 Å². The van der Waals surface area contributed by atoms with Gasteiger partial charge in [-0.2, -0.15) is 0 Å². The molecule has 0 spiro atoms. The zero-order chi connectivity index (χ0) is 12.0. The minimum Gasteiger partial charge on any atom is -0.481 e. The van der Waals surface area contributed by atoms with Crippen molar-refractivity contribution in [2.45, 2.75) is 6.42 Å². The summed E-state index contributed by atoms with van der Waals surface area (Å²) in [5.74, 6) is -7.43. The van der Waals surface area contributed by atoms with Crippen LogP contribution in [0.2, 0.25) is 0 Å². The van der Waals surface area contributed by atoms with Crippen molar-refractivity contribution < 1.29 is 39.2 Å². The zero-order valence-electron chi connectivity index (χ0n) is 7.17. The molecule has 15 heavy (non-hydrogen) atoms. The summed E-state index contributed by atoms with van der Waals surface area (Å²) in [6.07, 6.45) is -0.910. The Balaban J connectivity index is 4.57. The van der Waals surface area contributed by atoms with Crippen LogP contribution in [-0.2, 0) is 23.9 Å². The maximum Gasteiger partial charge on any atom is 0.372 e. The first kappa shape index (κ1) is 12.6. The first-order valence-corrected chi connectivity index (χ1v) is 3.43. The molecule has 0 aromatic rings. The Morgan fingerprint density at radius 3 is 1.93 bits per heavy atom. The van der Waals surface area contributed by atoms with Crippen LogP contribution in [-0.4, -0.2) is 39.2 Å². The lowest BCUT2D eigenvalue weighted by molar-refractivity contribution is -0.153. The Hall–Kier alpha value is -2.38. The van der Waals surface area contributed by atoms with Crippen LogP contribution in [0.1, 0.15) is 6.42 Å². The number of hydrogen-bond acceptors (Lipinski definition) is 5. The average molecular weight is 218 g/mol. The van der Waals surface area contributed by atoms with E-state index in [-0.39, 0.29) is 6.08 Å². The van der Waals surface area contributed by atoms with Gasteiger partial charge in [-0.1, -0.05) is 0 Å². The average Bonchev–Trinajstić information content (AvgIpc) is 1.99. The SMILES string of the molecule is O=C(O)/C=C(/OC(=O)CC(=O)O)C(=O)O. The van der Waals surface area contributed by atoms with Crippen molar-refractivity contribution in [1.82, 2.24) is 0 Å². The van der Waals surface area contributed by atoms with Gasteiger partial charge in [-0.15, -0.1) is 0 Å². The highest BCUT2D eigenvalue weighted by molar-refractivity contribution is 5.97. The van der Waals surface area contributed by atoms with Gasteiger partial charge in [-0.05, 0) is 0 Å². The summed E-state index contributed by atoms with van der Waals surface area (Å²) in [6.45, 7) is 0. The second kappa shape index (κ2) is 5.37. The molecule has 0 amide bonds. The van der Waals surface area contributed by atoms with Crippen molar-refractivity contribution in [3.63, 3.8) is 0 Å². The molecule has 0 bridgehead atoms. The van der Waals surface area contributed by atoms with Crippen LogP contribution in [0.25, 0.3) is 0 Å².